The molecule has 2 heteroatoms. The second kappa shape index (κ2) is 9.70. The maximum atomic E-state index is 9.62. The molecule has 0 bridgehead atoms. The summed E-state index contributed by atoms with van der Waals surface area (Å²) in [6, 6.07) is 53.3. The van der Waals surface area contributed by atoms with E-state index in [-0.39, 0.29) is 0 Å². The number of aromatic nitrogens is 1. The van der Waals surface area contributed by atoms with Gasteiger partial charge in [0.05, 0.1) is 22.8 Å². The lowest BCUT2D eigenvalue weighted by Crippen LogP contribution is -1.94. The predicted molar refractivity (Wildman–Crippen MR) is 175 cm³/mol. The molecule has 0 saturated heterocycles. The molecular weight excluding hydrogens is 508 g/mol. The van der Waals surface area contributed by atoms with Crippen molar-refractivity contribution in [3.8, 4) is 39.6 Å². The number of nitrogens with zero attached hydrogens (tertiary/aromatic N) is 2. The zero-order valence-electron chi connectivity index (χ0n) is 22.8. The molecule has 1 heterocycles. The van der Waals surface area contributed by atoms with Crippen LogP contribution in [0, 0.1) is 11.3 Å². The Labute approximate surface area is 243 Å². The van der Waals surface area contributed by atoms with E-state index in [2.05, 4.69) is 133 Å². The molecule has 8 rings (SSSR count). The third-order valence-corrected chi connectivity index (χ3v) is 8.23. The minimum absolute atomic E-state index is 0.649. The molecular formula is C40H24N2. The summed E-state index contributed by atoms with van der Waals surface area (Å²) in [5, 5.41) is 17.8. The number of fused-ring (bicyclic) bond motifs is 5. The predicted octanol–water partition coefficient (Wildman–Crippen LogP) is 10.6. The van der Waals surface area contributed by atoms with E-state index in [9.17, 15) is 5.26 Å². The van der Waals surface area contributed by atoms with Crippen LogP contribution in [0.3, 0.4) is 0 Å². The van der Waals surface area contributed by atoms with Gasteiger partial charge in [0, 0.05) is 16.3 Å². The molecule has 0 spiro atoms. The molecule has 0 aliphatic carbocycles. The summed E-state index contributed by atoms with van der Waals surface area (Å²) >= 11 is 0. The van der Waals surface area contributed by atoms with Gasteiger partial charge in [-0.25, -0.2) is 4.98 Å². The third-order valence-electron chi connectivity index (χ3n) is 8.23. The average Bonchev–Trinajstić information content (AvgIpc) is 3.07. The second-order valence-corrected chi connectivity index (χ2v) is 10.7. The lowest BCUT2D eigenvalue weighted by Gasteiger charge is -2.16. The van der Waals surface area contributed by atoms with E-state index >= 15 is 0 Å². The van der Waals surface area contributed by atoms with Crippen LogP contribution in [-0.2, 0) is 0 Å². The van der Waals surface area contributed by atoms with Crippen LogP contribution in [0.2, 0.25) is 0 Å². The van der Waals surface area contributed by atoms with E-state index < -0.39 is 0 Å². The highest BCUT2D eigenvalue weighted by Crippen LogP contribution is 2.41. The van der Waals surface area contributed by atoms with Crippen molar-refractivity contribution in [1.82, 2.24) is 4.98 Å². The van der Waals surface area contributed by atoms with Crippen molar-refractivity contribution in [3.05, 3.63) is 151 Å². The van der Waals surface area contributed by atoms with Gasteiger partial charge in [0.1, 0.15) is 0 Å². The number of hydrogen-bond acceptors (Lipinski definition) is 2. The Morgan fingerprint density at radius 1 is 0.429 bits per heavy atom. The van der Waals surface area contributed by atoms with Crippen LogP contribution in [-0.4, -0.2) is 4.98 Å². The lowest BCUT2D eigenvalue weighted by atomic mass is 9.90. The van der Waals surface area contributed by atoms with Gasteiger partial charge in [-0.1, -0.05) is 109 Å². The molecule has 0 aliphatic rings. The van der Waals surface area contributed by atoms with E-state index in [1.807, 2.05) is 18.2 Å². The van der Waals surface area contributed by atoms with Crippen LogP contribution in [0.5, 0.6) is 0 Å². The highest BCUT2D eigenvalue weighted by Gasteiger charge is 2.16. The molecule has 194 valence electrons. The van der Waals surface area contributed by atoms with E-state index in [1.165, 1.54) is 21.5 Å². The molecule has 42 heavy (non-hydrogen) atoms. The van der Waals surface area contributed by atoms with Crippen molar-refractivity contribution in [3.63, 3.8) is 0 Å². The molecule has 0 N–H and O–H groups in total. The topological polar surface area (TPSA) is 36.7 Å². The molecule has 0 atom stereocenters. The van der Waals surface area contributed by atoms with Crippen molar-refractivity contribution in [1.29, 1.82) is 5.26 Å². The molecule has 0 unspecified atom stereocenters. The Bertz CT molecular complexity index is 2380. The first-order valence-electron chi connectivity index (χ1n) is 14.1. The fourth-order valence-corrected chi connectivity index (χ4v) is 6.14. The van der Waals surface area contributed by atoms with E-state index in [4.69, 9.17) is 4.98 Å². The molecule has 0 amide bonds. The van der Waals surface area contributed by atoms with E-state index in [0.29, 0.717) is 5.56 Å². The van der Waals surface area contributed by atoms with Crippen molar-refractivity contribution in [2.45, 2.75) is 0 Å². The first-order chi connectivity index (χ1) is 20.7. The monoisotopic (exact) mass is 532 g/mol. The van der Waals surface area contributed by atoms with Crippen LogP contribution < -0.4 is 0 Å². The van der Waals surface area contributed by atoms with Crippen LogP contribution in [0.15, 0.2) is 146 Å². The van der Waals surface area contributed by atoms with Gasteiger partial charge >= 0.3 is 0 Å². The highest BCUT2D eigenvalue weighted by molar-refractivity contribution is 6.16. The molecule has 2 nitrogen and oxygen atoms in total. The van der Waals surface area contributed by atoms with Crippen molar-refractivity contribution >= 4 is 43.2 Å². The van der Waals surface area contributed by atoms with Gasteiger partial charge in [-0.3, -0.25) is 0 Å². The maximum absolute atomic E-state index is 9.62. The van der Waals surface area contributed by atoms with Gasteiger partial charge < -0.3 is 0 Å². The Balaban J connectivity index is 1.48. The van der Waals surface area contributed by atoms with Crippen molar-refractivity contribution in [2.75, 3.05) is 0 Å². The van der Waals surface area contributed by atoms with Crippen LogP contribution in [0.4, 0.5) is 0 Å². The smallest absolute Gasteiger partial charge is 0.0991 e. The molecule has 0 aliphatic heterocycles. The minimum Gasteiger partial charge on any atom is -0.247 e. The molecule has 0 fully saturated rings. The number of pyridine rings is 1. The summed E-state index contributed by atoms with van der Waals surface area (Å²) in [7, 11) is 0. The van der Waals surface area contributed by atoms with Gasteiger partial charge in [0.25, 0.3) is 0 Å². The SMILES string of the molecule is N#Cc1cccc(-c2cc3c(-c4ccc5ccccc5c4)cc(-c4ccc5ccccc5c4)nc3c3ccccc23)c1. The zero-order chi connectivity index (χ0) is 28.0. The summed E-state index contributed by atoms with van der Waals surface area (Å²) in [5.74, 6) is 0. The van der Waals surface area contributed by atoms with Gasteiger partial charge in [0.15, 0.2) is 0 Å². The van der Waals surface area contributed by atoms with E-state index in [0.717, 1.165) is 55.2 Å². The number of rotatable bonds is 3. The van der Waals surface area contributed by atoms with E-state index in [1.54, 1.807) is 0 Å². The fraction of sp³-hybridized carbons (Fsp3) is 0. The first-order valence-corrected chi connectivity index (χ1v) is 14.1. The number of hydrogen-bond donors (Lipinski definition) is 0. The summed E-state index contributed by atoms with van der Waals surface area (Å²) < 4.78 is 0. The summed E-state index contributed by atoms with van der Waals surface area (Å²) in [5.41, 5.74) is 8.06. The minimum atomic E-state index is 0.649. The normalized spacial score (nSPS) is 11.3. The summed E-state index contributed by atoms with van der Waals surface area (Å²) in [6.45, 7) is 0. The zero-order valence-corrected chi connectivity index (χ0v) is 22.8. The van der Waals surface area contributed by atoms with Gasteiger partial charge in [0.2, 0.25) is 0 Å². The molecule has 1 aromatic heterocycles. The standard InChI is InChI=1S/C40H24N2/c41-25-26-8-7-13-31(20-26)36-23-38-37(32-18-16-27-9-1-3-11-29(27)21-32)24-39(42-40(38)35-15-6-5-14-34(35)36)33-19-17-28-10-2-4-12-30(28)22-33/h1-24H. The first kappa shape index (κ1) is 24.1. The van der Waals surface area contributed by atoms with Crippen LogP contribution in [0.25, 0.3) is 76.7 Å². The fourth-order valence-electron chi connectivity index (χ4n) is 6.14. The molecule has 8 aromatic rings. The van der Waals surface area contributed by atoms with Crippen molar-refractivity contribution < 1.29 is 0 Å². The molecule has 0 radical (unpaired) electrons. The molecule has 7 aromatic carbocycles. The van der Waals surface area contributed by atoms with Crippen molar-refractivity contribution in [2.24, 2.45) is 0 Å². The number of nitriles is 1. The highest BCUT2D eigenvalue weighted by atomic mass is 14.7. The Morgan fingerprint density at radius 3 is 1.76 bits per heavy atom. The third kappa shape index (κ3) is 4.00. The van der Waals surface area contributed by atoms with Gasteiger partial charge in [-0.2, -0.15) is 5.26 Å². The Morgan fingerprint density at radius 2 is 1.02 bits per heavy atom. The summed E-state index contributed by atoms with van der Waals surface area (Å²) in [4.78, 5) is 5.35. The lowest BCUT2D eigenvalue weighted by molar-refractivity contribution is 1.41. The quantitative estimate of drug-likeness (QED) is 0.212. The van der Waals surface area contributed by atoms with Crippen LogP contribution >= 0.6 is 0 Å². The maximum Gasteiger partial charge on any atom is 0.0991 e. The van der Waals surface area contributed by atoms with Crippen LogP contribution in [0.1, 0.15) is 5.56 Å². The average molecular weight is 533 g/mol. The number of benzene rings is 7. The van der Waals surface area contributed by atoms with Gasteiger partial charge in [-0.15, -0.1) is 0 Å². The van der Waals surface area contributed by atoms with Gasteiger partial charge in [-0.05, 0) is 85.6 Å². The largest absolute Gasteiger partial charge is 0.247 e. The second-order valence-electron chi connectivity index (χ2n) is 10.7. The summed E-state index contributed by atoms with van der Waals surface area (Å²) in [6.07, 6.45) is 0. The Kier molecular flexibility index (Phi) is 5.55. The Hall–Kier alpha value is -5.78. The molecule has 0 saturated carbocycles.